The molecule has 5 nitrogen and oxygen atoms in total. The molecule has 5 rings (SSSR count). The van der Waals surface area contributed by atoms with E-state index in [1.165, 1.54) is 42.1 Å². The van der Waals surface area contributed by atoms with E-state index in [0.717, 1.165) is 10.5 Å². The molecule has 4 aromatic rings. The molecule has 1 aliphatic heterocycles. The number of nitrogens with one attached hydrogen (secondary N) is 1. The Morgan fingerprint density at radius 3 is 2.54 bits per heavy atom. The van der Waals surface area contributed by atoms with Crippen molar-refractivity contribution >= 4 is 23.3 Å². The molecule has 2 atom stereocenters. The first-order chi connectivity index (χ1) is 17.0. The van der Waals surface area contributed by atoms with Crippen LogP contribution in [0.5, 0.6) is 0 Å². The van der Waals surface area contributed by atoms with E-state index in [1.807, 2.05) is 39.9 Å². The van der Waals surface area contributed by atoms with Crippen LogP contribution in [-0.4, -0.2) is 38.0 Å². The number of amides is 1. The van der Waals surface area contributed by atoms with Gasteiger partial charge in [0.25, 0.3) is 0 Å². The van der Waals surface area contributed by atoms with E-state index in [9.17, 15) is 18.0 Å². The molecule has 2 aromatic carbocycles. The zero-order chi connectivity index (χ0) is 24.4. The summed E-state index contributed by atoms with van der Waals surface area (Å²) in [6, 6.07) is 15.0. The summed E-state index contributed by atoms with van der Waals surface area (Å²) >= 11 is 1.53. The van der Waals surface area contributed by atoms with Gasteiger partial charge in [-0.3, -0.25) is 9.69 Å². The number of hydrogen-bond acceptors (Lipinski definition) is 4. The fourth-order valence-electron chi connectivity index (χ4n) is 4.35. The Morgan fingerprint density at radius 2 is 1.80 bits per heavy atom. The third kappa shape index (κ3) is 5.36. The van der Waals surface area contributed by atoms with Gasteiger partial charge in [-0.05, 0) is 55.0 Å². The Labute approximate surface area is 205 Å². The van der Waals surface area contributed by atoms with E-state index in [1.54, 1.807) is 12.1 Å². The number of likely N-dealkylation sites (tertiary alicyclic amines) is 1. The number of fused-ring (bicyclic) bond motifs is 1. The molecule has 0 unspecified atom stereocenters. The highest BCUT2D eigenvalue weighted by Crippen LogP contribution is 2.34. The van der Waals surface area contributed by atoms with Gasteiger partial charge in [0.1, 0.15) is 23.1 Å². The smallest absolute Gasteiger partial charge is 0.237 e. The largest absolute Gasteiger partial charge is 0.349 e. The van der Waals surface area contributed by atoms with Gasteiger partial charge in [-0.15, -0.1) is 11.8 Å². The van der Waals surface area contributed by atoms with Crippen molar-refractivity contribution in [2.45, 2.75) is 35.7 Å². The first kappa shape index (κ1) is 23.4. The zero-order valence-corrected chi connectivity index (χ0v) is 19.5. The number of carbonyl (C=O) groups is 1. The first-order valence-corrected chi connectivity index (χ1v) is 12.1. The lowest BCUT2D eigenvalue weighted by atomic mass is 10.1. The predicted molar refractivity (Wildman–Crippen MR) is 128 cm³/mol. The molecule has 0 aliphatic carbocycles. The van der Waals surface area contributed by atoms with Crippen molar-refractivity contribution in [2.24, 2.45) is 0 Å². The van der Waals surface area contributed by atoms with Crippen LogP contribution in [0.25, 0.3) is 5.65 Å². The molecule has 3 heterocycles. The lowest BCUT2D eigenvalue weighted by Gasteiger charge is -2.24. The molecular formula is C26H23F3N4OS. The molecule has 1 amide bonds. The third-order valence-electron chi connectivity index (χ3n) is 6.06. The van der Waals surface area contributed by atoms with Crippen LogP contribution in [0.4, 0.5) is 13.2 Å². The van der Waals surface area contributed by atoms with Crippen molar-refractivity contribution in [3.63, 3.8) is 0 Å². The van der Waals surface area contributed by atoms with Crippen LogP contribution in [0.2, 0.25) is 0 Å². The zero-order valence-electron chi connectivity index (χ0n) is 18.7. The monoisotopic (exact) mass is 496 g/mol. The summed E-state index contributed by atoms with van der Waals surface area (Å²) in [5.41, 5.74) is 1.44. The molecule has 1 N–H and O–H groups in total. The van der Waals surface area contributed by atoms with E-state index >= 15 is 0 Å². The molecule has 1 fully saturated rings. The van der Waals surface area contributed by atoms with Gasteiger partial charge < -0.3 is 9.72 Å². The van der Waals surface area contributed by atoms with Crippen LogP contribution in [0.1, 0.15) is 17.7 Å². The van der Waals surface area contributed by atoms with Crippen LogP contribution in [0, 0.1) is 17.5 Å². The van der Waals surface area contributed by atoms with Gasteiger partial charge in [0, 0.05) is 41.2 Å². The molecule has 35 heavy (non-hydrogen) atoms. The second-order valence-electron chi connectivity index (χ2n) is 8.49. The Hall–Kier alpha value is -3.30. The lowest BCUT2D eigenvalue weighted by molar-refractivity contribution is -0.125. The van der Waals surface area contributed by atoms with Crippen molar-refractivity contribution in [1.29, 1.82) is 0 Å². The highest BCUT2D eigenvalue weighted by Gasteiger charge is 2.38. The van der Waals surface area contributed by atoms with E-state index < -0.39 is 17.7 Å². The molecule has 0 radical (unpaired) electrons. The Kier molecular flexibility index (Phi) is 6.79. The van der Waals surface area contributed by atoms with Gasteiger partial charge in [0.2, 0.25) is 5.91 Å². The third-order valence-corrected chi connectivity index (χ3v) is 7.28. The van der Waals surface area contributed by atoms with E-state index in [-0.39, 0.29) is 35.6 Å². The topological polar surface area (TPSA) is 49.6 Å². The molecule has 0 spiro atoms. The quantitative estimate of drug-likeness (QED) is 0.399. The summed E-state index contributed by atoms with van der Waals surface area (Å²) in [4.78, 5) is 20.4. The molecule has 180 valence electrons. The number of nitrogens with zero attached hydrogens (tertiary/aromatic N) is 3. The fourth-order valence-corrected chi connectivity index (χ4v) is 5.58. The average Bonchev–Trinajstić information content (AvgIpc) is 3.45. The van der Waals surface area contributed by atoms with Gasteiger partial charge in [-0.2, -0.15) is 0 Å². The van der Waals surface area contributed by atoms with Crippen molar-refractivity contribution in [3.8, 4) is 0 Å². The number of imidazole rings is 1. The van der Waals surface area contributed by atoms with Gasteiger partial charge in [0.15, 0.2) is 0 Å². The number of thioether (sulfide) groups is 1. The minimum absolute atomic E-state index is 0.00115. The molecule has 1 aliphatic rings. The summed E-state index contributed by atoms with van der Waals surface area (Å²) in [5, 5.41) is 2.94. The number of hydrogen-bond donors (Lipinski definition) is 1. The van der Waals surface area contributed by atoms with Crippen molar-refractivity contribution < 1.29 is 18.0 Å². The maximum atomic E-state index is 14.4. The molecule has 2 aromatic heterocycles. The average molecular weight is 497 g/mol. The number of benzene rings is 2. The number of aromatic nitrogens is 2. The maximum Gasteiger partial charge on any atom is 0.237 e. The molecular weight excluding hydrogens is 473 g/mol. The van der Waals surface area contributed by atoms with E-state index in [4.69, 9.17) is 0 Å². The Bertz CT molecular complexity index is 1290. The van der Waals surface area contributed by atoms with Gasteiger partial charge in [-0.25, -0.2) is 18.2 Å². The summed E-state index contributed by atoms with van der Waals surface area (Å²) in [7, 11) is 0. The standard InChI is InChI=1S/C26H23F3N4OS/c27-17-7-9-19(10-8-17)35-20-12-24(33(15-20)16-21-22(28)4-3-5-23(21)29)26(34)30-13-18-14-32-11-2-1-6-25(32)31-18/h1-11,14,20,24H,12-13,15-16H2,(H,30,34)/t20-,24+/m1/s1. The molecule has 0 bridgehead atoms. The fraction of sp³-hybridized carbons (Fsp3) is 0.231. The Balaban J connectivity index is 1.32. The molecule has 9 heteroatoms. The highest BCUT2D eigenvalue weighted by molar-refractivity contribution is 8.00. The van der Waals surface area contributed by atoms with Crippen molar-refractivity contribution in [2.75, 3.05) is 6.54 Å². The highest BCUT2D eigenvalue weighted by atomic mass is 32.2. The van der Waals surface area contributed by atoms with Crippen molar-refractivity contribution in [3.05, 3.63) is 102 Å². The van der Waals surface area contributed by atoms with Crippen LogP contribution < -0.4 is 5.32 Å². The SMILES string of the molecule is O=C(NCc1cn2ccccc2n1)[C@@H]1C[C@@H](Sc2ccc(F)cc2)CN1Cc1c(F)cccc1F. The maximum absolute atomic E-state index is 14.4. The van der Waals surface area contributed by atoms with Crippen LogP contribution in [0.3, 0.4) is 0 Å². The molecule has 1 saturated heterocycles. The lowest BCUT2D eigenvalue weighted by Crippen LogP contribution is -2.42. The van der Waals surface area contributed by atoms with Crippen LogP contribution in [0.15, 0.2) is 78.0 Å². The van der Waals surface area contributed by atoms with Crippen molar-refractivity contribution in [1.82, 2.24) is 19.6 Å². The minimum atomic E-state index is -0.636. The van der Waals surface area contributed by atoms with E-state index in [0.29, 0.717) is 18.7 Å². The normalized spacial score (nSPS) is 18.3. The van der Waals surface area contributed by atoms with Crippen LogP contribution >= 0.6 is 11.8 Å². The van der Waals surface area contributed by atoms with E-state index in [2.05, 4.69) is 10.3 Å². The minimum Gasteiger partial charge on any atom is -0.349 e. The second-order valence-corrected chi connectivity index (χ2v) is 9.86. The number of halogens is 3. The molecule has 0 saturated carbocycles. The van der Waals surface area contributed by atoms with Gasteiger partial charge in [0.05, 0.1) is 18.3 Å². The summed E-state index contributed by atoms with van der Waals surface area (Å²) in [6.07, 6.45) is 4.23. The predicted octanol–water partition coefficient (Wildman–Crippen LogP) is 4.80. The number of rotatable bonds is 7. The number of carbonyl (C=O) groups excluding carboxylic acids is 1. The number of pyridine rings is 1. The van der Waals surface area contributed by atoms with Gasteiger partial charge >= 0.3 is 0 Å². The summed E-state index contributed by atoms with van der Waals surface area (Å²) in [6.45, 7) is 0.683. The summed E-state index contributed by atoms with van der Waals surface area (Å²) in [5.74, 6) is -1.81. The second kappa shape index (κ2) is 10.1. The summed E-state index contributed by atoms with van der Waals surface area (Å²) < 4.78 is 43.9. The first-order valence-electron chi connectivity index (χ1n) is 11.3. The Morgan fingerprint density at radius 1 is 1.03 bits per heavy atom. The van der Waals surface area contributed by atoms with Crippen LogP contribution in [-0.2, 0) is 17.9 Å². The van der Waals surface area contributed by atoms with Gasteiger partial charge in [-0.1, -0.05) is 12.1 Å².